The van der Waals surface area contributed by atoms with Gasteiger partial charge in [0.2, 0.25) is 5.91 Å². The molecule has 18 heavy (non-hydrogen) atoms. The molecule has 98 valence electrons. The molecule has 0 bridgehead atoms. The number of carbonyl (C=O) groups is 1. The number of hydrogen-bond donors (Lipinski definition) is 1. The lowest BCUT2D eigenvalue weighted by atomic mass is 10.1. The first-order valence-corrected chi connectivity index (χ1v) is 6.50. The summed E-state index contributed by atoms with van der Waals surface area (Å²) in [5.41, 5.74) is 0.804. The maximum absolute atomic E-state index is 11.6. The fourth-order valence-corrected chi connectivity index (χ4v) is 1.75. The minimum absolute atomic E-state index is 0.167. The zero-order valence-corrected chi connectivity index (χ0v) is 11.3. The van der Waals surface area contributed by atoms with Crippen LogP contribution in [0.2, 0.25) is 0 Å². The number of amides is 1. The lowest BCUT2D eigenvalue weighted by Gasteiger charge is -2.23. The zero-order chi connectivity index (χ0) is 13.2. The third kappa shape index (κ3) is 3.76. The van der Waals surface area contributed by atoms with E-state index in [2.05, 4.69) is 5.32 Å². The Morgan fingerprint density at radius 3 is 2.61 bits per heavy atom. The Balaban J connectivity index is 2.00. The van der Waals surface area contributed by atoms with E-state index in [4.69, 9.17) is 4.74 Å². The number of carbonyl (C=O) groups excluding carboxylic acids is 1. The second-order valence-electron chi connectivity index (χ2n) is 5.81. The Morgan fingerprint density at radius 1 is 1.33 bits per heavy atom. The Morgan fingerprint density at radius 2 is 2.00 bits per heavy atom. The van der Waals surface area contributed by atoms with Crippen LogP contribution >= 0.6 is 0 Å². The summed E-state index contributed by atoms with van der Waals surface area (Å²) in [5, 5.41) is 2.97. The summed E-state index contributed by atoms with van der Waals surface area (Å²) in [7, 11) is 0. The SMILES string of the molecule is CC(C)(C)Oc1ccccc1CNC(=O)C1CC1. The van der Waals surface area contributed by atoms with Gasteiger partial charge in [-0.3, -0.25) is 4.79 Å². The quantitative estimate of drug-likeness (QED) is 0.888. The van der Waals surface area contributed by atoms with Crippen molar-refractivity contribution in [2.24, 2.45) is 5.92 Å². The molecule has 0 atom stereocenters. The van der Waals surface area contributed by atoms with Crippen molar-refractivity contribution in [1.82, 2.24) is 5.32 Å². The van der Waals surface area contributed by atoms with Gasteiger partial charge >= 0.3 is 0 Å². The minimum Gasteiger partial charge on any atom is -0.488 e. The van der Waals surface area contributed by atoms with Gasteiger partial charge in [0.05, 0.1) is 0 Å². The molecule has 1 aromatic carbocycles. The molecule has 0 heterocycles. The zero-order valence-electron chi connectivity index (χ0n) is 11.3. The molecule has 0 aliphatic heterocycles. The fourth-order valence-electron chi connectivity index (χ4n) is 1.75. The molecule has 1 saturated carbocycles. The molecule has 3 nitrogen and oxygen atoms in total. The molecule has 1 aromatic rings. The van der Waals surface area contributed by atoms with Crippen LogP contribution in [-0.2, 0) is 11.3 Å². The van der Waals surface area contributed by atoms with Gasteiger partial charge in [-0.15, -0.1) is 0 Å². The summed E-state index contributed by atoms with van der Waals surface area (Å²) in [6.07, 6.45) is 2.07. The van der Waals surface area contributed by atoms with Crippen molar-refractivity contribution in [2.45, 2.75) is 45.8 Å². The van der Waals surface area contributed by atoms with E-state index in [0.717, 1.165) is 24.2 Å². The normalized spacial score (nSPS) is 15.3. The molecule has 0 spiro atoms. The highest BCUT2D eigenvalue weighted by Gasteiger charge is 2.29. The average molecular weight is 247 g/mol. The molecular formula is C15H21NO2. The highest BCUT2D eigenvalue weighted by molar-refractivity contribution is 5.80. The molecule has 1 fully saturated rings. The van der Waals surface area contributed by atoms with E-state index in [9.17, 15) is 4.79 Å². The number of nitrogens with one attached hydrogen (secondary N) is 1. The molecule has 0 unspecified atom stereocenters. The van der Waals surface area contributed by atoms with E-state index in [0.29, 0.717) is 6.54 Å². The number of ether oxygens (including phenoxy) is 1. The largest absolute Gasteiger partial charge is 0.488 e. The van der Waals surface area contributed by atoms with Crippen molar-refractivity contribution in [3.05, 3.63) is 29.8 Å². The summed E-state index contributed by atoms with van der Waals surface area (Å²) in [6.45, 7) is 6.60. The number of hydrogen-bond acceptors (Lipinski definition) is 2. The van der Waals surface area contributed by atoms with Gasteiger partial charge in [0.25, 0.3) is 0 Å². The monoisotopic (exact) mass is 247 g/mol. The van der Waals surface area contributed by atoms with Crippen LogP contribution in [0.5, 0.6) is 5.75 Å². The molecule has 2 rings (SSSR count). The van der Waals surface area contributed by atoms with Gasteiger partial charge in [0.1, 0.15) is 11.4 Å². The second-order valence-corrected chi connectivity index (χ2v) is 5.81. The molecule has 3 heteroatoms. The van der Waals surface area contributed by atoms with E-state index in [1.165, 1.54) is 0 Å². The van der Waals surface area contributed by atoms with Crippen LogP contribution in [0.4, 0.5) is 0 Å². The fraction of sp³-hybridized carbons (Fsp3) is 0.533. The summed E-state index contributed by atoms with van der Waals surface area (Å²) < 4.78 is 5.89. The molecular weight excluding hydrogens is 226 g/mol. The van der Waals surface area contributed by atoms with E-state index in [1.54, 1.807) is 0 Å². The van der Waals surface area contributed by atoms with Gasteiger partial charge in [0, 0.05) is 18.0 Å². The van der Waals surface area contributed by atoms with Gasteiger partial charge in [-0.25, -0.2) is 0 Å². The van der Waals surface area contributed by atoms with Crippen LogP contribution in [0.25, 0.3) is 0 Å². The number of para-hydroxylation sites is 1. The molecule has 1 aliphatic rings. The first-order chi connectivity index (χ1) is 8.46. The van der Waals surface area contributed by atoms with Crippen molar-refractivity contribution in [3.8, 4) is 5.75 Å². The average Bonchev–Trinajstić information content (AvgIpc) is 3.09. The van der Waals surface area contributed by atoms with E-state index >= 15 is 0 Å². The molecule has 1 aliphatic carbocycles. The van der Waals surface area contributed by atoms with Crippen molar-refractivity contribution in [3.63, 3.8) is 0 Å². The minimum atomic E-state index is -0.226. The Hall–Kier alpha value is -1.51. The van der Waals surface area contributed by atoms with E-state index < -0.39 is 0 Å². The third-order valence-electron chi connectivity index (χ3n) is 2.79. The predicted octanol–water partition coefficient (Wildman–Crippen LogP) is 2.89. The van der Waals surface area contributed by atoms with Gasteiger partial charge < -0.3 is 10.1 Å². The van der Waals surface area contributed by atoms with Crippen molar-refractivity contribution in [2.75, 3.05) is 0 Å². The molecule has 1 amide bonds. The highest BCUT2D eigenvalue weighted by Crippen LogP contribution is 2.29. The Kier molecular flexibility index (Phi) is 3.60. The lowest BCUT2D eigenvalue weighted by molar-refractivity contribution is -0.122. The van der Waals surface area contributed by atoms with Gasteiger partial charge in [-0.1, -0.05) is 18.2 Å². The van der Waals surface area contributed by atoms with Crippen LogP contribution in [0.3, 0.4) is 0 Å². The highest BCUT2D eigenvalue weighted by atomic mass is 16.5. The standard InChI is InChI=1S/C15H21NO2/c1-15(2,3)18-13-7-5-4-6-12(13)10-16-14(17)11-8-9-11/h4-7,11H,8-10H2,1-3H3,(H,16,17). The topological polar surface area (TPSA) is 38.3 Å². The van der Waals surface area contributed by atoms with E-state index in [1.807, 2.05) is 45.0 Å². The maximum atomic E-state index is 11.6. The number of benzene rings is 1. The summed E-state index contributed by atoms with van der Waals surface area (Å²) in [5.74, 6) is 1.27. The van der Waals surface area contributed by atoms with Crippen molar-refractivity contribution >= 4 is 5.91 Å². The predicted molar refractivity (Wildman–Crippen MR) is 71.4 cm³/mol. The van der Waals surface area contributed by atoms with Crippen LogP contribution in [0.15, 0.2) is 24.3 Å². The smallest absolute Gasteiger partial charge is 0.223 e. The molecule has 0 radical (unpaired) electrons. The summed E-state index contributed by atoms with van der Waals surface area (Å²) in [4.78, 5) is 11.6. The molecule has 1 N–H and O–H groups in total. The molecule has 0 aromatic heterocycles. The van der Waals surface area contributed by atoms with Crippen LogP contribution < -0.4 is 10.1 Å². The second kappa shape index (κ2) is 5.01. The van der Waals surface area contributed by atoms with Crippen molar-refractivity contribution in [1.29, 1.82) is 0 Å². The van der Waals surface area contributed by atoms with Crippen LogP contribution in [0, 0.1) is 5.92 Å². The molecule has 0 saturated heterocycles. The first-order valence-electron chi connectivity index (χ1n) is 6.50. The van der Waals surface area contributed by atoms with Gasteiger partial charge in [0.15, 0.2) is 0 Å². The van der Waals surface area contributed by atoms with Crippen LogP contribution in [0.1, 0.15) is 39.2 Å². The lowest BCUT2D eigenvalue weighted by Crippen LogP contribution is -2.26. The summed E-state index contributed by atoms with van der Waals surface area (Å²) >= 11 is 0. The van der Waals surface area contributed by atoms with E-state index in [-0.39, 0.29) is 17.4 Å². The Bertz CT molecular complexity index is 430. The Labute approximate surface area is 109 Å². The third-order valence-corrected chi connectivity index (χ3v) is 2.79. The number of rotatable bonds is 4. The van der Waals surface area contributed by atoms with Gasteiger partial charge in [-0.05, 0) is 39.7 Å². The first kappa shape index (κ1) is 12.9. The van der Waals surface area contributed by atoms with Crippen LogP contribution in [-0.4, -0.2) is 11.5 Å². The van der Waals surface area contributed by atoms with Crippen molar-refractivity contribution < 1.29 is 9.53 Å². The maximum Gasteiger partial charge on any atom is 0.223 e. The summed E-state index contributed by atoms with van der Waals surface area (Å²) in [6, 6.07) is 7.86. The van der Waals surface area contributed by atoms with Gasteiger partial charge in [-0.2, -0.15) is 0 Å².